The third-order valence-corrected chi connectivity index (χ3v) is 3.25. The lowest BCUT2D eigenvalue weighted by molar-refractivity contribution is 0.0484. The van der Waals surface area contributed by atoms with Gasteiger partial charge in [-0.1, -0.05) is 0 Å². The molecule has 1 saturated heterocycles. The third kappa shape index (κ3) is 4.62. The normalized spacial score (nSPS) is 16.0. The number of anilines is 1. The van der Waals surface area contributed by atoms with Crippen molar-refractivity contribution in [2.24, 2.45) is 0 Å². The molecular weight excluding hydrogens is 302 g/mol. The van der Waals surface area contributed by atoms with Gasteiger partial charge in [0.05, 0.1) is 12.4 Å². The first kappa shape index (κ1) is 17.1. The highest BCUT2D eigenvalue weighted by atomic mass is 16.6. The molecule has 0 spiro atoms. The number of carbonyl (C=O) groups excluding carboxylic acids is 1. The maximum absolute atomic E-state index is 12.6. The van der Waals surface area contributed by atoms with Gasteiger partial charge in [0.15, 0.2) is 11.5 Å². The van der Waals surface area contributed by atoms with Crippen molar-refractivity contribution in [2.45, 2.75) is 45.3 Å². The van der Waals surface area contributed by atoms with Gasteiger partial charge in [-0.3, -0.25) is 4.90 Å². The van der Waals surface area contributed by atoms with Crippen molar-refractivity contribution in [3.63, 3.8) is 0 Å². The SMILES string of the molecule is CC(C)(C)OC(=O)N(c1cnc(C(=O)O)cn1)C1CCOCC1. The second-order valence-electron chi connectivity index (χ2n) is 6.26. The first-order valence-corrected chi connectivity index (χ1v) is 7.43. The smallest absolute Gasteiger partial charge is 0.416 e. The Bertz CT molecular complexity index is 561. The lowest BCUT2D eigenvalue weighted by Gasteiger charge is -2.34. The highest BCUT2D eigenvalue weighted by Gasteiger charge is 2.32. The Hall–Kier alpha value is -2.22. The van der Waals surface area contributed by atoms with Gasteiger partial charge in [0.25, 0.3) is 0 Å². The molecule has 1 aliphatic rings. The fourth-order valence-electron chi connectivity index (χ4n) is 2.24. The van der Waals surface area contributed by atoms with Crippen molar-refractivity contribution < 1.29 is 24.2 Å². The van der Waals surface area contributed by atoms with Crippen molar-refractivity contribution >= 4 is 17.9 Å². The van der Waals surface area contributed by atoms with Crippen LogP contribution in [0.1, 0.15) is 44.1 Å². The first-order chi connectivity index (χ1) is 10.8. The summed E-state index contributed by atoms with van der Waals surface area (Å²) >= 11 is 0. The van der Waals surface area contributed by atoms with Crippen LogP contribution >= 0.6 is 0 Å². The topological polar surface area (TPSA) is 102 Å². The number of carboxylic acid groups (broad SMARTS) is 1. The first-order valence-electron chi connectivity index (χ1n) is 7.43. The quantitative estimate of drug-likeness (QED) is 0.908. The van der Waals surface area contributed by atoms with E-state index in [9.17, 15) is 9.59 Å². The van der Waals surface area contributed by atoms with E-state index in [1.165, 1.54) is 11.1 Å². The lowest BCUT2D eigenvalue weighted by atomic mass is 10.1. The van der Waals surface area contributed by atoms with Crippen LogP contribution in [-0.2, 0) is 9.47 Å². The fourth-order valence-corrected chi connectivity index (χ4v) is 2.24. The average Bonchev–Trinajstić information content (AvgIpc) is 2.47. The van der Waals surface area contributed by atoms with E-state index in [1.54, 1.807) is 20.8 Å². The van der Waals surface area contributed by atoms with Crippen molar-refractivity contribution in [3.8, 4) is 0 Å². The summed E-state index contributed by atoms with van der Waals surface area (Å²) in [5.41, 5.74) is -0.820. The van der Waals surface area contributed by atoms with E-state index in [2.05, 4.69) is 9.97 Å². The van der Waals surface area contributed by atoms with E-state index < -0.39 is 17.7 Å². The van der Waals surface area contributed by atoms with Crippen molar-refractivity contribution in [2.75, 3.05) is 18.1 Å². The third-order valence-electron chi connectivity index (χ3n) is 3.25. The fraction of sp³-hybridized carbons (Fsp3) is 0.600. The molecule has 0 unspecified atom stereocenters. The number of hydrogen-bond donors (Lipinski definition) is 1. The van der Waals surface area contributed by atoms with Gasteiger partial charge in [-0.15, -0.1) is 0 Å². The molecule has 126 valence electrons. The molecule has 1 aliphatic heterocycles. The summed E-state index contributed by atoms with van der Waals surface area (Å²) in [7, 11) is 0. The van der Waals surface area contributed by atoms with Gasteiger partial charge in [-0.2, -0.15) is 0 Å². The van der Waals surface area contributed by atoms with Gasteiger partial charge in [0.1, 0.15) is 5.60 Å². The summed E-state index contributed by atoms with van der Waals surface area (Å²) in [4.78, 5) is 32.8. The highest BCUT2D eigenvalue weighted by molar-refractivity contribution is 5.88. The van der Waals surface area contributed by atoms with Gasteiger partial charge >= 0.3 is 12.1 Å². The maximum Gasteiger partial charge on any atom is 0.416 e. The molecule has 0 atom stereocenters. The van der Waals surface area contributed by atoms with Crippen LogP contribution in [0.5, 0.6) is 0 Å². The minimum Gasteiger partial charge on any atom is -0.476 e. The van der Waals surface area contributed by atoms with E-state index in [-0.39, 0.29) is 17.6 Å². The van der Waals surface area contributed by atoms with Crippen molar-refractivity contribution in [1.82, 2.24) is 9.97 Å². The predicted octanol–water partition coefficient (Wildman–Crippen LogP) is 2.10. The Labute approximate surface area is 134 Å². The number of carboxylic acids is 1. The average molecular weight is 323 g/mol. The predicted molar refractivity (Wildman–Crippen MR) is 81.5 cm³/mol. The Balaban J connectivity index is 2.28. The second-order valence-corrected chi connectivity index (χ2v) is 6.26. The van der Waals surface area contributed by atoms with Gasteiger partial charge in [-0.05, 0) is 33.6 Å². The molecule has 8 nitrogen and oxygen atoms in total. The minimum atomic E-state index is -1.17. The van der Waals surface area contributed by atoms with Crippen LogP contribution < -0.4 is 4.90 Å². The number of carbonyl (C=O) groups is 2. The van der Waals surface area contributed by atoms with E-state index in [1.807, 2.05) is 0 Å². The molecule has 1 aromatic rings. The lowest BCUT2D eigenvalue weighted by Crippen LogP contribution is -2.46. The molecule has 8 heteroatoms. The summed E-state index contributed by atoms with van der Waals surface area (Å²) in [5.74, 6) is -0.893. The largest absolute Gasteiger partial charge is 0.476 e. The summed E-state index contributed by atoms with van der Waals surface area (Å²) in [6.07, 6.45) is 3.20. The van der Waals surface area contributed by atoms with Crippen LogP contribution in [0.4, 0.5) is 10.6 Å². The monoisotopic (exact) mass is 323 g/mol. The van der Waals surface area contributed by atoms with Gasteiger partial charge in [0, 0.05) is 19.3 Å². The standard InChI is InChI=1S/C15H21N3O5/c1-15(2,3)23-14(21)18(10-4-6-22-7-5-10)12-9-16-11(8-17-12)13(19)20/h8-10H,4-7H2,1-3H3,(H,19,20). The van der Waals surface area contributed by atoms with Crippen LogP contribution in [0.3, 0.4) is 0 Å². The Morgan fingerprint density at radius 3 is 2.39 bits per heavy atom. The van der Waals surface area contributed by atoms with Gasteiger partial charge < -0.3 is 14.6 Å². The molecule has 1 N–H and O–H groups in total. The number of aromatic nitrogens is 2. The van der Waals surface area contributed by atoms with E-state index in [0.29, 0.717) is 26.1 Å². The number of aromatic carboxylic acids is 1. The van der Waals surface area contributed by atoms with Crippen LogP contribution in [0.2, 0.25) is 0 Å². The van der Waals surface area contributed by atoms with Gasteiger partial charge in [0.2, 0.25) is 0 Å². The summed E-state index contributed by atoms with van der Waals surface area (Å²) in [6.45, 7) is 6.44. The maximum atomic E-state index is 12.6. The molecule has 0 aromatic carbocycles. The Kier molecular flexibility index (Phi) is 5.15. The number of amides is 1. The number of ether oxygens (including phenoxy) is 2. The zero-order valence-electron chi connectivity index (χ0n) is 13.5. The molecule has 1 amide bonds. The molecule has 1 aromatic heterocycles. The molecule has 0 radical (unpaired) electrons. The summed E-state index contributed by atoms with van der Waals surface area (Å²) in [6, 6.07) is -0.122. The zero-order chi connectivity index (χ0) is 17.0. The Morgan fingerprint density at radius 2 is 1.91 bits per heavy atom. The van der Waals surface area contributed by atoms with Crippen molar-refractivity contribution in [3.05, 3.63) is 18.1 Å². The molecular formula is C15H21N3O5. The molecule has 2 rings (SSSR count). The van der Waals surface area contributed by atoms with E-state index in [0.717, 1.165) is 6.20 Å². The summed E-state index contributed by atoms with van der Waals surface area (Å²) in [5, 5.41) is 8.90. The molecule has 2 heterocycles. The molecule has 0 bridgehead atoms. The number of nitrogens with zero attached hydrogens (tertiary/aromatic N) is 3. The van der Waals surface area contributed by atoms with Gasteiger partial charge in [-0.25, -0.2) is 19.6 Å². The minimum absolute atomic E-state index is 0.122. The van der Waals surface area contributed by atoms with Crippen molar-refractivity contribution in [1.29, 1.82) is 0 Å². The molecule has 0 aliphatic carbocycles. The molecule has 23 heavy (non-hydrogen) atoms. The summed E-state index contributed by atoms with van der Waals surface area (Å²) < 4.78 is 10.8. The Morgan fingerprint density at radius 1 is 1.26 bits per heavy atom. The van der Waals surface area contributed by atoms with E-state index >= 15 is 0 Å². The zero-order valence-corrected chi connectivity index (χ0v) is 13.5. The molecule has 0 saturated carbocycles. The van der Waals surface area contributed by atoms with Crippen LogP contribution in [0.25, 0.3) is 0 Å². The highest BCUT2D eigenvalue weighted by Crippen LogP contribution is 2.23. The number of rotatable bonds is 3. The van der Waals surface area contributed by atoms with Crippen LogP contribution in [0, 0.1) is 0 Å². The second kappa shape index (κ2) is 6.91. The van der Waals surface area contributed by atoms with E-state index in [4.69, 9.17) is 14.6 Å². The molecule has 1 fully saturated rings. The van der Waals surface area contributed by atoms with Crippen LogP contribution in [0.15, 0.2) is 12.4 Å². The van der Waals surface area contributed by atoms with Crippen LogP contribution in [-0.4, -0.2) is 52.0 Å². The number of hydrogen-bond acceptors (Lipinski definition) is 6.